The first-order chi connectivity index (χ1) is 8.12. The normalized spacial score (nSPS) is 23.0. The topological polar surface area (TPSA) is 44.3 Å². The Bertz CT molecular complexity index is 246. The monoisotopic (exact) mass is 256 g/mol. The zero-order valence-electron chi connectivity index (χ0n) is 12.9. The molecule has 108 valence electrons. The summed E-state index contributed by atoms with van der Waals surface area (Å²) >= 11 is 0. The minimum atomic E-state index is -0.475. The predicted octanol–water partition coefficient (Wildman–Crippen LogP) is 2.30. The summed E-state index contributed by atoms with van der Waals surface area (Å²) in [4.78, 5) is 0. The second kappa shape index (κ2) is 5.89. The zero-order chi connectivity index (χ0) is 13.9. The highest BCUT2D eigenvalue weighted by molar-refractivity contribution is 4.90. The molecular weight excluding hydrogens is 224 g/mol. The van der Waals surface area contributed by atoms with E-state index in [4.69, 9.17) is 0 Å². The highest BCUT2D eigenvalue weighted by Crippen LogP contribution is 2.39. The maximum atomic E-state index is 10.5. The molecule has 0 radical (unpaired) electrons. The number of rotatable bonds is 5. The SMILES string of the molecule is CC1(C)CCC(O)(CNCCNC(C)(C)C)CC1. The molecule has 1 saturated carbocycles. The molecule has 1 rings (SSSR count). The van der Waals surface area contributed by atoms with Crippen LogP contribution in [-0.4, -0.2) is 35.9 Å². The number of nitrogens with one attached hydrogen (secondary N) is 2. The van der Waals surface area contributed by atoms with Crippen LogP contribution in [0.2, 0.25) is 0 Å². The molecule has 3 heteroatoms. The second-order valence-electron chi connectivity index (χ2n) is 7.74. The Morgan fingerprint density at radius 3 is 2.06 bits per heavy atom. The summed E-state index contributed by atoms with van der Waals surface area (Å²) < 4.78 is 0. The van der Waals surface area contributed by atoms with Crippen molar-refractivity contribution in [1.29, 1.82) is 0 Å². The lowest BCUT2D eigenvalue weighted by Gasteiger charge is -2.40. The highest BCUT2D eigenvalue weighted by atomic mass is 16.3. The van der Waals surface area contributed by atoms with Crippen LogP contribution in [0.25, 0.3) is 0 Å². The van der Waals surface area contributed by atoms with E-state index in [1.807, 2.05) is 0 Å². The molecule has 0 heterocycles. The Kier molecular flexibility index (Phi) is 5.22. The Balaban J connectivity index is 2.16. The van der Waals surface area contributed by atoms with Crippen molar-refractivity contribution >= 4 is 0 Å². The molecule has 1 aliphatic carbocycles. The van der Waals surface area contributed by atoms with Crippen molar-refractivity contribution < 1.29 is 5.11 Å². The van der Waals surface area contributed by atoms with Gasteiger partial charge in [0.2, 0.25) is 0 Å². The van der Waals surface area contributed by atoms with E-state index in [1.165, 1.54) is 0 Å². The van der Waals surface area contributed by atoms with Gasteiger partial charge in [0.1, 0.15) is 0 Å². The van der Waals surface area contributed by atoms with Crippen molar-refractivity contribution in [1.82, 2.24) is 10.6 Å². The fourth-order valence-electron chi connectivity index (χ4n) is 2.42. The van der Waals surface area contributed by atoms with E-state index in [0.29, 0.717) is 5.41 Å². The van der Waals surface area contributed by atoms with Crippen LogP contribution in [0.15, 0.2) is 0 Å². The summed E-state index contributed by atoms with van der Waals surface area (Å²) in [5, 5.41) is 17.3. The van der Waals surface area contributed by atoms with Gasteiger partial charge in [0.25, 0.3) is 0 Å². The van der Waals surface area contributed by atoms with E-state index < -0.39 is 5.60 Å². The van der Waals surface area contributed by atoms with E-state index in [0.717, 1.165) is 45.3 Å². The molecule has 0 atom stereocenters. The lowest BCUT2D eigenvalue weighted by atomic mass is 9.71. The molecular formula is C15H32N2O. The largest absolute Gasteiger partial charge is 0.389 e. The van der Waals surface area contributed by atoms with Crippen molar-refractivity contribution in [3.8, 4) is 0 Å². The lowest BCUT2D eigenvalue weighted by molar-refractivity contribution is -0.0241. The van der Waals surface area contributed by atoms with Crippen LogP contribution in [0.1, 0.15) is 60.3 Å². The molecule has 0 aliphatic heterocycles. The van der Waals surface area contributed by atoms with Crippen LogP contribution >= 0.6 is 0 Å². The lowest BCUT2D eigenvalue weighted by Crippen LogP contribution is -2.47. The molecule has 18 heavy (non-hydrogen) atoms. The molecule has 0 aromatic carbocycles. The molecule has 1 fully saturated rings. The van der Waals surface area contributed by atoms with Gasteiger partial charge in [-0.05, 0) is 51.9 Å². The molecule has 0 saturated heterocycles. The van der Waals surface area contributed by atoms with Gasteiger partial charge in [-0.2, -0.15) is 0 Å². The van der Waals surface area contributed by atoms with Crippen LogP contribution in [0.5, 0.6) is 0 Å². The molecule has 3 N–H and O–H groups in total. The van der Waals surface area contributed by atoms with Gasteiger partial charge < -0.3 is 15.7 Å². The molecule has 3 nitrogen and oxygen atoms in total. The average molecular weight is 256 g/mol. The molecule has 1 aliphatic rings. The fraction of sp³-hybridized carbons (Fsp3) is 1.00. The molecule has 0 aromatic rings. The van der Waals surface area contributed by atoms with Crippen LogP contribution in [-0.2, 0) is 0 Å². The number of hydrogen-bond donors (Lipinski definition) is 3. The van der Waals surface area contributed by atoms with Crippen molar-refractivity contribution in [2.45, 2.75) is 71.4 Å². The van der Waals surface area contributed by atoms with Gasteiger partial charge in [-0.3, -0.25) is 0 Å². The van der Waals surface area contributed by atoms with Crippen LogP contribution < -0.4 is 10.6 Å². The zero-order valence-corrected chi connectivity index (χ0v) is 12.9. The van der Waals surface area contributed by atoms with E-state index in [1.54, 1.807) is 0 Å². The third-order valence-corrected chi connectivity index (χ3v) is 3.95. The maximum Gasteiger partial charge on any atom is 0.0772 e. The van der Waals surface area contributed by atoms with Gasteiger partial charge >= 0.3 is 0 Å². The van der Waals surface area contributed by atoms with E-state index in [2.05, 4.69) is 45.3 Å². The van der Waals surface area contributed by atoms with Crippen LogP contribution in [0.3, 0.4) is 0 Å². The Morgan fingerprint density at radius 2 is 1.56 bits per heavy atom. The summed E-state index contributed by atoms with van der Waals surface area (Å²) in [6.07, 6.45) is 4.12. The van der Waals surface area contributed by atoms with E-state index in [-0.39, 0.29) is 5.54 Å². The van der Waals surface area contributed by atoms with Gasteiger partial charge in [-0.15, -0.1) is 0 Å². The molecule has 0 amide bonds. The first kappa shape index (κ1) is 15.9. The van der Waals surface area contributed by atoms with E-state index in [9.17, 15) is 5.11 Å². The van der Waals surface area contributed by atoms with Crippen LogP contribution in [0, 0.1) is 5.41 Å². The third-order valence-electron chi connectivity index (χ3n) is 3.95. The summed E-state index contributed by atoms with van der Waals surface area (Å²) in [6.45, 7) is 13.7. The molecule has 0 spiro atoms. The summed E-state index contributed by atoms with van der Waals surface area (Å²) in [5.74, 6) is 0. The molecule has 0 bridgehead atoms. The van der Waals surface area contributed by atoms with Gasteiger partial charge in [0.05, 0.1) is 5.60 Å². The van der Waals surface area contributed by atoms with Gasteiger partial charge in [-0.25, -0.2) is 0 Å². The first-order valence-electron chi connectivity index (χ1n) is 7.30. The molecule has 0 aromatic heterocycles. The second-order valence-corrected chi connectivity index (χ2v) is 7.74. The van der Waals surface area contributed by atoms with Gasteiger partial charge in [-0.1, -0.05) is 13.8 Å². The Hall–Kier alpha value is -0.120. The standard InChI is InChI=1S/C15H32N2O/c1-13(2,3)17-11-10-16-12-15(18)8-6-14(4,5)7-9-15/h16-18H,6-12H2,1-5H3. The molecule has 0 unspecified atom stereocenters. The third kappa shape index (κ3) is 6.17. The number of aliphatic hydroxyl groups is 1. The van der Waals surface area contributed by atoms with Crippen molar-refractivity contribution in [2.24, 2.45) is 5.41 Å². The average Bonchev–Trinajstić information content (AvgIpc) is 2.21. The Morgan fingerprint density at radius 1 is 1.00 bits per heavy atom. The van der Waals surface area contributed by atoms with Gasteiger partial charge in [0, 0.05) is 25.2 Å². The maximum absolute atomic E-state index is 10.5. The highest BCUT2D eigenvalue weighted by Gasteiger charge is 2.36. The summed E-state index contributed by atoms with van der Waals surface area (Å²) in [7, 11) is 0. The quantitative estimate of drug-likeness (QED) is 0.661. The van der Waals surface area contributed by atoms with Crippen molar-refractivity contribution in [3.05, 3.63) is 0 Å². The fourth-order valence-corrected chi connectivity index (χ4v) is 2.42. The summed E-state index contributed by atoms with van der Waals surface area (Å²) in [6, 6.07) is 0. The van der Waals surface area contributed by atoms with Crippen molar-refractivity contribution in [3.63, 3.8) is 0 Å². The predicted molar refractivity (Wildman–Crippen MR) is 77.8 cm³/mol. The summed E-state index contributed by atoms with van der Waals surface area (Å²) in [5.41, 5.74) is 0.116. The first-order valence-corrected chi connectivity index (χ1v) is 7.30. The smallest absolute Gasteiger partial charge is 0.0772 e. The Labute approximate surface area is 113 Å². The number of hydrogen-bond acceptors (Lipinski definition) is 3. The minimum absolute atomic E-state index is 0.174. The van der Waals surface area contributed by atoms with E-state index >= 15 is 0 Å². The van der Waals surface area contributed by atoms with Crippen LogP contribution in [0.4, 0.5) is 0 Å². The minimum Gasteiger partial charge on any atom is -0.389 e. The van der Waals surface area contributed by atoms with Gasteiger partial charge in [0.15, 0.2) is 0 Å². The van der Waals surface area contributed by atoms with Crippen molar-refractivity contribution in [2.75, 3.05) is 19.6 Å².